The predicted molar refractivity (Wildman–Crippen MR) is 57.6 cm³/mol. The zero-order valence-electron chi connectivity index (χ0n) is 9.01. The Kier molecular flexibility index (Phi) is 2.19. The van der Waals surface area contributed by atoms with Gasteiger partial charge in [0.2, 0.25) is 6.04 Å². The summed E-state index contributed by atoms with van der Waals surface area (Å²) in [7, 11) is 0. The second-order valence-electron chi connectivity index (χ2n) is 4.36. The second kappa shape index (κ2) is 3.50. The number of para-hydroxylation sites is 1. The molecule has 3 rings (SSSR count). The van der Waals surface area contributed by atoms with E-state index in [4.69, 9.17) is 0 Å². The van der Waals surface area contributed by atoms with Crippen molar-refractivity contribution in [2.75, 3.05) is 6.54 Å². The summed E-state index contributed by atoms with van der Waals surface area (Å²) in [5.74, 6) is 0. The van der Waals surface area contributed by atoms with Crippen molar-refractivity contribution in [3.05, 3.63) is 35.5 Å². The van der Waals surface area contributed by atoms with Gasteiger partial charge in [0, 0.05) is 17.3 Å². The van der Waals surface area contributed by atoms with E-state index in [0.717, 1.165) is 16.5 Å². The van der Waals surface area contributed by atoms with Gasteiger partial charge in [0.1, 0.15) is 0 Å². The number of aromatic amines is 1. The molecule has 0 spiro atoms. The summed E-state index contributed by atoms with van der Waals surface area (Å²) in [4.78, 5) is 2.92. The number of hydrogen-bond donors (Lipinski definition) is 2. The number of benzene rings is 1. The van der Waals surface area contributed by atoms with Crippen molar-refractivity contribution in [1.82, 2.24) is 4.98 Å². The van der Waals surface area contributed by atoms with Crippen LogP contribution in [0.25, 0.3) is 10.9 Å². The summed E-state index contributed by atoms with van der Waals surface area (Å²) in [6.07, 6.45) is -3.51. The van der Waals surface area contributed by atoms with Crippen molar-refractivity contribution in [1.29, 1.82) is 0 Å². The molecule has 1 aromatic carbocycles. The topological polar surface area (TPSA) is 32.4 Å². The van der Waals surface area contributed by atoms with Gasteiger partial charge in [-0.1, -0.05) is 18.2 Å². The number of H-pyrrole nitrogens is 1. The fraction of sp³-hybridized carbons (Fsp3) is 0.333. The zero-order chi connectivity index (χ0) is 12.0. The quantitative estimate of drug-likeness (QED) is 0.706. The van der Waals surface area contributed by atoms with Crippen molar-refractivity contribution in [2.24, 2.45) is 0 Å². The molecule has 0 radical (unpaired) electrons. The van der Waals surface area contributed by atoms with Crippen molar-refractivity contribution >= 4 is 10.9 Å². The van der Waals surface area contributed by atoms with Crippen LogP contribution in [-0.2, 0) is 6.42 Å². The number of rotatable bonds is 0. The first-order valence-corrected chi connectivity index (χ1v) is 5.57. The fourth-order valence-electron chi connectivity index (χ4n) is 2.57. The predicted octanol–water partition coefficient (Wildman–Crippen LogP) is 1.89. The molecular weight excluding hydrogens is 229 g/mol. The minimum Gasteiger partial charge on any atom is -0.353 e. The van der Waals surface area contributed by atoms with Gasteiger partial charge < -0.3 is 10.3 Å². The first-order chi connectivity index (χ1) is 8.07. The van der Waals surface area contributed by atoms with Crippen LogP contribution in [0.15, 0.2) is 24.3 Å². The molecule has 90 valence electrons. The van der Waals surface area contributed by atoms with Gasteiger partial charge in [-0.3, -0.25) is 0 Å². The van der Waals surface area contributed by atoms with Crippen LogP contribution < -0.4 is 5.32 Å². The highest BCUT2D eigenvalue weighted by Crippen LogP contribution is 2.35. The lowest BCUT2D eigenvalue weighted by atomic mass is 9.99. The maximum Gasteiger partial charge on any atom is 0.447 e. The molecule has 5 heteroatoms. The van der Waals surface area contributed by atoms with Crippen molar-refractivity contribution in [3.8, 4) is 0 Å². The number of quaternary nitrogens is 1. The first-order valence-electron chi connectivity index (χ1n) is 5.57. The minimum atomic E-state index is -4.20. The molecule has 0 saturated carbocycles. The minimum absolute atomic E-state index is 0.324. The second-order valence-corrected chi connectivity index (χ2v) is 4.36. The third kappa shape index (κ3) is 1.61. The summed E-state index contributed by atoms with van der Waals surface area (Å²) in [6, 6.07) is 5.94. The molecular formula is C12H12F3N2+. The Morgan fingerprint density at radius 1 is 1.24 bits per heavy atom. The number of nitrogens with one attached hydrogen (secondary N) is 1. The molecule has 0 bridgehead atoms. The summed E-state index contributed by atoms with van der Waals surface area (Å²) in [5, 5.41) is 2.28. The lowest BCUT2D eigenvalue weighted by molar-refractivity contribution is -0.724. The maximum atomic E-state index is 12.9. The molecule has 0 fully saturated rings. The molecule has 1 aliphatic rings. The summed E-state index contributed by atoms with van der Waals surface area (Å²) < 4.78 is 38.7. The lowest BCUT2D eigenvalue weighted by Gasteiger charge is -2.22. The van der Waals surface area contributed by atoms with Crippen LogP contribution in [0.3, 0.4) is 0 Å². The number of fused-ring (bicyclic) bond motifs is 3. The van der Waals surface area contributed by atoms with Gasteiger partial charge in [-0.05, 0) is 11.6 Å². The Bertz CT molecular complexity index is 556. The zero-order valence-corrected chi connectivity index (χ0v) is 9.01. The van der Waals surface area contributed by atoms with Gasteiger partial charge in [-0.25, -0.2) is 0 Å². The van der Waals surface area contributed by atoms with E-state index in [0.29, 0.717) is 18.7 Å². The Morgan fingerprint density at radius 2 is 2.00 bits per heavy atom. The molecule has 2 heterocycles. The molecule has 0 amide bonds. The van der Waals surface area contributed by atoms with E-state index in [-0.39, 0.29) is 0 Å². The van der Waals surface area contributed by atoms with Crippen LogP contribution in [0.5, 0.6) is 0 Å². The van der Waals surface area contributed by atoms with E-state index in [2.05, 4.69) is 4.98 Å². The maximum absolute atomic E-state index is 12.9. The van der Waals surface area contributed by atoms with E-state index in [9.17, 15) is 13.2 Å². The summed E-state index contributed by atoms with van der Waals surface area (Å²) in [5.41, 5.74) is 1.94. The molecule has 0 saturated heterocycles. The molecule has 2 nitrogen and oxygen atoms in total. The highest BCUT2D eigenvalue weighted by Gasteiger charge is 2.48. The average molecular weight is 241 g/mol. The van der Waals surface area contributed by atoms with E-state index in [1.807, 2.05) is 24.3 Å². The van der Waals surface area contributed by atoms with E-state index in [1.165, 1.54) is 5.32 Å². The van der Waals surface area contributed by atoms with Gasteiger partial charge in [-0.2, -0.15) is 13.2 Å². The van der Waals surface area contributed by atoms with Crippen LogP contribution in [0, 0.1) is 0 Å². The van der Waals surface area contributed by atoms with E-state index < -0.39 is 12.2 Å². The highest BCUT2D eigenvalue weighted by molar-refractivity contribution is 5.84. The van der Waals surface area contributed by atoms with E-state index >= 15 is 0 Å². The SMILES string of the molecule is FC(F)(F)[C@@H]1[NH2+]CCc2c1[nH]c1ccccc21. The van der Waals surface area contributed by atoms with Crippen LogP contribution in [0.1, 0.15) is 17.3 Å². The Balaban J connectivity index is 2.21. The molecule has 0 aliphatic carbocycles. The van der Waals surface area contributed by atoms with Crippen LogP contribution in [0.2, 0.25) is 0 Å². The Morgan fingerprint density at radius 3 is 2.76 bits per heavy atom. The van der Waals surface area contributed by atoms with E-state index in [1.54, 1.807) is 0 Å². The van der Waals surface area contributed by atoms with Crippen molar-refractivity contribution in [3.63, 3.8) is 0 Å². The van der Waals surface area contributed by atoms with Gasteiger partial charge in [0.05, 0.1) is 12.2 Å². The van der Waals surface area contributed by atoms with Gasteiger partial charge in [0.25, 0.3) is 0 Å². The lowest BCUT2D eigenvalue weighted by Crippen LogP contribution is -2.89. The van der Waals surface area contributed by atoms with Crippen molar-refractivity contribution < 1.29 is 18.5 Å². The Labute approximate surface area is 95.8 Å². The number of alkyl halides is 3. The highest BCUT2D eigenvalue weighted by atomic mass is 19.4. The van der Waals surface area contributed by atoms with Gasteiger partial charge in [-0.15, -0.1) is 0 Å². The fourth-order valence-corrected chi connectivity index (χ4v) is 2.57. The summed E-state index contributed by atoms with van der Waals surface area (Å²) >= 11 is 0. The smallest absolute Gasteiger partial charge is 0.353 e. The molecule has 2 aromatic rings. The van der Waals surface area contributed by atoms with Crippen LogP contribution in [0.4, 0.5) is 13.2 Å². The standard InChI is InChI=1S/C12H11F3N2/c13-12(14,15)11-10-8(5-6-16-11)7-3-1-2-4-9(7)17-10/h1-4,11,16-17H,5-6H2/p+1/t11-/m1/s1. The normalized spacial score (nSPS) is 20.5. The van der Waals surface area contributed by atoms with Crippen LogP contribution >= 0.6 is 0 Å². The molecule has 3 N–H and O–H groups in total. The molecule has 1 atom stereocenters. The third-order valence-corrected chi connectivity index (χ3v) is 3.31. The largest absolute Gasteiger partial charge is 0.447 e. The molecule has 17 heavy (non-hydrogen) atoms. The third-order valence-electron chi connectivity index (χ3n) is 3.31. The molecule has 0 unspecified atom stereocenters. The summed E-state index contributed by atoms with van der Waals surface area (Å²) in [6.45, 7) is 0.485. The monoisotopic (exact) mass is 241 g/mol. The average Bonchev–Trinajstić information content (AvgIpc) is 2.65. The Hall–Kier alpha value is -1.49. The van der Waals surface area contributed by atoms with Crippen LogP contribution in [-0.4, -0.2) is 17.7 Å². The number of hydrogen-bond acceptors (Lipinski definition) is 0. The van der Waals surface area contributed by atoms with Gasteiger partial charge in [0.15, 0.2) is 0 Å². The van der Waals surface area contributed by atoms with Gasteiger partial charge >= 0.3 is 6.18 Å². The number of halogens is 3. The van der Waals surface area contributed by atoms with Crippen molar-refractivity contribution in [2.45, 2.75) is 18.6 Å². The number of nitrogens with two attached hydrogens (primary N) is 1. The molecule has 1 aliphatic heterocycles. The number of aromatic nitrogens is 1. The first kappa shape index (κ1) is 10.7. The molecule has 1 aromatic heterocycles.